The van der Waals surface area contributed by atoms with Gasteiger partial charge in [0.15, 0.2) is 5.11 Å². The highest BCUT2D eigenvalue weighted by Gasteiger charge is 2.33. The van der Waals surface area contributed by atoms with Gasteiger partial charge in [0.2, 0.25) is 0 Å². The lowest BCUT2D eigenvalue weighted by molar-refractivity contribution is -0.129. The number of carbonyl (C=O) groups excluding carboxylic acids is 2. The molecule has 0 bridgehead atoms. The van der Waals surface area contributed by atoms with E-state index in [4.69, 9.17) is 18.0 Å². The van der Waals surface area contributed by atoms with Gasteiger partial charge in [0.1, 0.15) is 0 Å². The van der Waals surface area contributed by atoms with Crippen LogP contribution < -0.4 is 11.2 Å². The Kier molecular flexibility index (Phi) is 3.38. The maximum atomic E-state index is 12.6. The first-order valence-corrected chi connectivity index (χ1v) is 7.32. The normalized spacial score (nSPS) is 14.2. The molecule has 2 aromatic carbocycles. The number of hydrogen-bond acceptors (Lipinski definition) is 3. The number of thiocarbonyl (C=S) groups is 1. The molecule has 1 heterocycles. The van der Waals surface area contributed by atoms with Gasteiger partial charge < -0.3 is 5.73 Å². The number of hydrazine groups is 1. The van der Waals surface area contributed by atoms with Crippen molar-refractivity contribution in [2.45, 2.75) is 6.42 Å². The van der Waals surface area contributed by atoms with Gasteiger partial charge in [0, 0.05) is 4.47 Å². The van der Waals surface area contributed by atoms with Gasteiger partial charge in [-0.25, -0.2) is 0 Å². The molecule has 0 saturated heterocycles. The average Bonchev–Trinajstić information content (AvgIpc) is 2.43. The Morgan fingerprint density at radius 2 is 1.95 bits per heavy atom. The largest absolute Gasteiger partial charge is 0.375 e. The molecular formula is C14H10BrN3O2S. The summed E-state index contributed by atoms with van der Waals surface area (Å²) in [6, 6.07) is 9.32. The molecule has 106 valence electrons. The van der Waals surface area contributed by atoms with Gasteiger partial charge in [0.25, 0.3) is 11.8 Å². The van der Waals surface area contributed by atoms with Crippen molar-refractivity contribution in [1.29, 1.82) is 0 Å². The lowest BCUT2D eigenvalue weighted by Gasteiger charge is -2.28. The molecule has 3 N–H and O–H groups in total. The summed E-state index contributed by atoms with van der Waals surface area (Å²) in [5.74, 6) is -0.833. The lowest BCUT2D eigenvalue weighted by atomic mass is 9.93. The zero-order valence-corrected chi connectivity index (χ0v) is 13.1. The summed E-state index contributed by atoms with van der Waals surface area (Å²) in [6.07, 6.45) is 0.111. The number of nitrogens with two attached hydrogens (primary N) is 1. The molecule has 2 aromatic rings. The fourth-order valence-electron chi connectivity index (χ4n) is 2.47. The zero-order valence-electron chi connectivity index (χ0n) is 10.7. The van der Waals surface area contributed by atoms with E-state index in [1.54, 1.807) is 0 Å². The highest BCUT2D eigenvalue weighted by Crippen LogP contribution is 2.33. The number of carbonyl (C=O) groups is 2. The van der Waals surface area contributed by atoms with E-state index in [9.17, 15) is 9.59 Å². The molecule has 1 aliphatic heterocycles. The molecule has 7 heteroatoms. The van der Waals surface area contributed by atoms with Gasteiger partial charge >= 0.3 is 0 Å². The Balaban J connectivity index is 2.24. The molecule has 0 radical (unpaired) electrons. The minimum absolute atomic E-state index is 0.111. The predicted octanol–water partition coefficient (Wildman–Crippen LogP) is 1.88. The van der Waals surface area contributed by atoms with Gasteiger partial charge in [-0.3, -0.25) is 15.0 Å². The second-order valence-corrected chi connectivity index (χ2v) is 5.92. The SMILES string of the molecule is NC(=S)NN1C(=O)Cc2cc(Br)c3ccccc3c2C1=O. The first kappa shape index (κ1) is 14.0. The third-order valence-corrected chi connectivity index (χ3v) is 4.05. The molecule has 0 atom stereocenters. The van der Waals surface area contributed by atoms with Crippen LogP contribution in [0.25, 0.3) is 10.8 Å². The molecule has 0 spiro atoms. The smallest absolute Gasteiger partial charge is 0.280 e. The van der Waals surface area contributed by atoms with Crippen LogP contribution in [0, 0.1) is 0 Å². The number of hydrogen-bond donors (Lipinski definition) is 2. The van der Waals surface area contributed by atoms with E-state index in [1.807, 2.05) is 30.3 Å². The average molecular weight is 364 g/mol. The van der Waals surface area contributed by atoms with Crippen molar-refractivity contribution in [1.82, 2.24) is 10.4 Å². The molecular weight excluding hydrogens is 354 g/mol. The predicted molar refractivity (Wildman–Crippen MR) is 86.4 cm³/mol. The number of nitrogens with one attached hydrogen (secondary N) is 1. The minimum Gasteiger partial charge on any atom is -0.375 e. The number of imide groups is 1. The zero-order chi connectivity index (χ0) is 15.1. The van der Waals surface area contributed by atoms with Crippen LogP contribution in [0.2, 0.25) is 0 Å². The first-order valence-electron chi connectivity index (χ1n) is 6.12. The highest BCUT2D eigenvalue weighted by molar-refractivity contribution is 9.10. The quantitative estimate of drug-likeness (QED) is 0.597. The first-order chi connectivity index (χ1) is 9.99. The van der Waals surface area contributed by atoms with Gasteiger partial charge in [-0.05, 0) is 34.6 Å². The maximum absolute atomic E-state index is 12.6. The molecule has 5 nitrogen and oxygen atoms in total. The van der Waals surface area contributed by atoms with E-state index >= 15 is 0 Å². The molecule has 0 aliphatic carbocycles. The van der Waals surface area contributed by atoms with E-state index in [-0.39, 0.29) is 17.4 Å². The number of halogens is 1. The maximum Gasteiger partial charge on any atom is 0.280 e. The van der Waals surface area contributed by atoms with Crippen molar-refractivity contribution in [3.05, 3.63) is 45.9 Å². The topological polar surface area (TPSA) is 75.4 Å². The second kappa shape index (κ2) is 5.09. The molecule has 0 saturated carbocycles. The van der Waals surface area contributed by atoms with Crippen molar-refractivity contribution in [3.63, 3.8) is 0 Å². The molecule has 2 amide bonds. The van der Waals surface area contributed by atoms with E-state index < -0.39 is 5.91 Å². The number of amides is 2. The molecule has 0 aromatic heterocycles. The van der Waals surface area contributed by atoms with E-state index in [1.165, 1.54) is 0 Å². The number of fused-ring (bicyclic) bond motifs is 3. The van der Waals surface area contributed by atoms with Crippen molar-refractivity contribution in [3.8, 4) is 0 Å². The van der Waals surface area contributed by atoms with Crippen molar-refractivity contribution >= 4 is 55.8 Å². The molecule has 21 heavy (non-hydrogen) atoms. The van der Waals surface area contributed by atoms with E-state index in [0.717, 1.165) is 20.3 Å². The Bertz CT molecular complexity index is 806. The van der Waals surface area contributed by atoms with E-state index in [2.05, 4.69) is 21.4 Å². The van der Waals surface area contributed by atoms with Crippen molar-refractivity contribution in [2.75, 3.05) is 0 Å². The third-order valence-electron chi connectivity index (χ3n) is 3.31. The van der Waals surface area contributed by atoms with Crippen LogP contribution in [0.4, 0.5) is 0 Å². The molecule has 3 rings (SSSR count). The summed E-state index contributed by atoms with van der Waals surface area (Å²) in [6.45, 7) is 0. The summed E-state index contributed by atoms with van der Waals surface area (Å²) in [4.78, 5) is 24.7. The van der Waals surface area contributed by atoms with Crippen molar-refractivity contribution < 1.29 is 9.59 Å². The summed E-state index contributed by atoms with van der Waals surface area (Å²) < 4.78 is 0.855. The Hall–Kier alpha value is -1.99. The monoisotopic (exact) mass is 363 g/mol. The number of nitrogens with zero attached hydrogens (tertiary/aromatic N) is 1. The van der Waals surface area contributed by atoms with Crippen LogP contribution in [-0.2, 0) is 11.2 Å². The Morgan fingerprint density at radius 3 is 2.62 bits per heavy atom. The van der Waals surface area contributed by atoms with Crippen LogP contribution in [-0.4, -0.2) is 21.9 Å². The molecule has 1 aliphatic rings. The Morgan fingerprint density at radius 1 is 1.29 bits per heavy atom. The fraction of sp³-hybridized carbons (Fsp3) is 0.0714. The second-order valence-electron chi connectivity index (χ2n) is 4.63. The molecule has 0 unspecified atom stereocenters. The fourth-order valence-corrected chi connectivity index (χ4v) is 3.18. The van der Waals surface area contributed by atoms with Gasteiger partial charge in [0.05, 0.1) is 12.0 Å². The summed E-state index contributed by atoms with van der Waals surface area (Å²) >= 11 is 8.19. The number of benzene rings is 2. The minimum atomic E-state index is -0.447. The van der Waals surface area contributed by atoms with Crippen LogP contribution in [0.15, 0.2) is 34.8 Å². The summed E-state index contributed by atoms with van der Waals surface area (Å²) in [5, 5.41) is 2.45. The Labute approximate surface area is 134 Å². The summed E-state index contributed by atoms with van der Waals surface area (Å²) in [7, 11) is 0. The lowest BCUT2D eigenvalue weighted by Crippen LogP contribution is -2.54. The number of rotatable bonds is 1. The molecule has 0 fully saturated rings. The highest BCUT2D eigenvalue weighted by atomic mass is 79.9. The van der Waals surface area contributed by atoms with Gasteiger partial charge in [-0.15, -0.1) is 0 Å². The van der Waals surface area contributed by atoms with Crippen LogP contribution in [0.1, 0.15) is 15.9 Å². The third kappa shape index (κ3) is 2.28. The van der Waals surface area contributed by atoms with E-state index in [0.29, 0.717) is 11.1 Å². The van der Waals surface area contributed by atoms with Crippen LogP contribution in [0.3, 0.4) is 0 Å². The van der Waals surface area contributed by atoms with Crippen molar-refractivity contribution in [2.24, 2.45) is 5.73 Å². The van der Waals surface area contributed by atoms with Crippen LogP contribution >= 0.6 is 28.1 Å². The van der Waals surface area contributed by atoms with Crippen LogP contribution in [0.5, 0.6) is 0 Å². The van der Waals surface area contributed by atoms with Gasteiger partial charge in [-0.1, -0.05) is 40.2 Å². The van der Waals surface area contributed by atoms with Gasteiger partial charge in [-0.2, -0.15) is 5.01 Å². The standard InChI is InChI=1S/C14H10BrN3O2S/c15-10-5-7-6-11(19)18(17-14(16)21)13(20)12(7)9-4-2-1-3-8(9)10/h1-5H,6H2,(H3,16,17,21). The summed E-state index contributed by atoms with van der Waals surface area (Å²) in [5.41, 5.74) is 8.99.